The molecule has 0 spiro atoms. The molecule has 1 heterocycles. The lowest BCUT2D eigenvalue weighted by Gasteiger charge is -2.28. The Balaban J connectivity index is 0.00000220. The van der Waals surface area contributed by atoms with E-state index in [9.17, 15) is 21.6 Å². The molecule has 1 aliphatic heterocycles. The van der Waals surface area contributed by atoms with Crippen molar-refractivity contribution < 1.29 is 21.6 Å². The molecule has 1 saturated heterocycles. The van der Waals surface area contributed by atoms with Crippen LogP contribution in [0.3, 0.4) is 0 Å². The zero-order valence-corrected chi connectivity index (χ0v) is 12.8. The molecule has 0 radical (unpaired) electrons. The van der Waals surface area contributed by atoms with Gasteiger partial charge < -0.3 is 5.32 Å². The highest BCUT2D eigenvalue weighted by Crippen LogP contribution is 2.21. The summed E-state index contributed by atoms with van der Waals surface area (Å²) in [5.41, 5.74) is 0. The quantitative estimate of drug-likeness (QED) is 0.824. The molecule has 0 bridgehead atoms. The number of piperidine rings is 1. The Morgan fingerprint density at radius 1 is 1.24 bits per heavy atom. The summed E-state index contributed by atoms with van der Waals surface area (Å²) in [6.07, 6.45) is 1.10. The summed E-state index contributed by atoms with van der Waals surface area (Å²) in [5.74, 6) is -4.90. The third kappa shape index (κ3) is 4.09. The summed E-state index contributed by atoms with van der Waals surface area (Å²) < 4.78 is 65.9. The molecular formula is C12H16ClF3N2O2S. The number of hydrogen-bond donors (Lipinski definition) is 2. The highest BCUT2D eigenvalue weighted by atomic mass is 35.5. The van der Waals surface area contributed by atoms with Crippen molar-refractivity contribution in [3.63, 3.8) is 0 Å². The van der Waals surface area contributed by atoms with E-state index in [2.05, 4.69) is 10.0 Å². The van der Waals surface area contributed by atoms with Crippen molar-refractivity contribution in [2.24, 2.45) is 0 Å². The average Bonchev–Trinajstić information content (AvgIpc) is 2.35. The first kappa shape index (κ1) is 18.2. The molecule has 0 aromatic heterocycles. The van der Waals surface area contributed by atoms with Gasteiger partial charge in [0, 0.05) is 12.1 Å². The summed E-state index contributed by atoms with van der Waals surface area (Å²) in [6.45, 7) is 2.53. The molecule has 2 atom stereocenters. The van der Waals surface area contributed by atoms with E-state index in [1.165, 1.54) is 0 Å². The molecular weight excluding hydrogens is 329 g/mol. The van der Waals surface area contributed by atoms with Crippen molar-refractivity contribution in [2.45, 2.75) is 36.7 Å². The van der Waals surface area contributed by atoms with Gasteiger partial charge in [-0.1, -0.05) is 0 Å². The van der Waals surface area contributed by atoms with E-state index < -0.39 is 32.4 Å². The molecule has 2 rings (SSSR count). The molecule has 2 N–H and O–H groups in total. The average molecular weight is 345 g/mol. The second kappa shape index (κ2) is 6.95. The topological polar surface area (TPSA) is 58.2 Å². The fourth-order valence-corrected chi connectivity index (χ4v) is 3.59. The standard InChI is InChI=1S/C12H15F3N2O2S.ClH/c1-7-6-8(4-5-16-7)17-20(18,19)10-3-2-9(13)11(14)12(10)15;/h2-3,7-8,16-17H,4-6H2,1H3;1H. The Morgan fingerprint density at radius 3 is 2.52 bits per heavy atom. The smallest absolute Gasteiger partial charge is 0.243 e. The van der Waals surface area contributed by atoms with Gasteiger partial charge in [0.05, 0.1) is 0 Å². The van der Waals surface area contributed by atoms with Gasteiger partial charge in [0.25, 0.3) is 0 Å². The maximum absolute atomic E-state index is 13.5. The molecule has 1 aromatic carbocycles. The zero-order chi connectivity index (χ0) is 14.9. The number of hydrogen-bond acceptors (Lipinski definition) is 3. The van der Waals surface area contributed by atoms with E-state index in [1.807, 2.05) is 6.92 Å². The molecule has 4 nitrogen and oxygen atoms in total. The minimum Gasteiger partial charge on any atom is -0.314 e. The molecule has 1 fully saturated rings. The van der Waals surface area contributed by atoms with E-state index in [4.69, 9.17) is 0 Å². The van der Waals surface area contributed by atoms with E-state index >= 15 is 0 Å². The highest BCUT2D eigenvalue weighted by molar-refractivity contribution is 7.89. The summed E-state index contributed by atoms with van der Waals surface area (Å²) in [6, 6.07) is 1.09. The lowest BCUT2D eigenvalue weighted by molar-refractivity contribution is 0.360. The number of halogens is 4. The Hall–Kier alpha value is -0.830. The largest absolute Gasteiger partial charge is 0.314 e. The van der Waals surface area contributed by atoms with Crippen LogP contribution in [-0.2, 0) is 10.0 Å². The molecule has 1 aliphatic rings. The molecule has 0 saturated carbocycles. The summed E-state index contributed by atoms with van der Waals surface area (Å²) in [5, 5.41) is 3.15. The predicted molar refractivity (Wildman–Crippen MR) is 74.4 cm³/mol. The number of rotatable bonds is 3. The van der Waals surface area contributed by atoms with Crippen LogP contribution in [0.15, 0.2) is 17.0 Å². The van der Waals surface area contributed by atoms with E-state index in [-0.39, 0.29) is 24.5 Å². The van der Waals surface area contributed by atoms with Crippen molar-refractivity contribution in [3.05, 3.63) is 29.6 Å². The number of sulfonamides is 1. The van der Waals surface area contributed by atoms with Crippen LogP contribution >= 0.6 is 12.4 Å². The van der Waals surface area contributed by atoms with Crippen LogP contribution in [0, 0.1) is 17.5 Å². The van der Waals surface area contributed by atoms with Crippen LogP contribution in [0.25, 0.3) is 0 Å². The fraction of sp³-hybridized carbons (Fsp3) is 0.500. The first-order chi connectivity index (χ1) is 9.31. The van der Waals surface area contributed by atoms with Crippen LogP contribution in [0.1, 0.15) is 19.8 Å². The summed E-state index contributed by atoms with van der Waals surface area (Å²) in [7, 11) is -4.21. The van der Waals surface area contributed by atoms with Crippen LogP contribution < -0.4 is 10.0 Å². The Morgan fingerprint density at radius 2 is 1.90 bits per heavy atom. The van der Waals surface area contributed by atoms with Crippen LogP contribution in [-0.4, -0.2) is 27.0 Å². The van der Waals surface area contributed by atoms with Crippen molar-refractivity contribution in [3.8, 4) is 0 Å². The molecule has 1 aromatic rings. The third-order valence-electron chi connectivity index (χ3n) is 3.23. The van der Waals surface area contributed by atoms with Crippen molar-refractivity contribution in [1.29, 1.82) is 0 Å². The van der Waals surface area contributed by atoms with Crippen LogP contribution in [0.5, 0.6) is 0 Å². The predicted octanol–water partition coefficient (Wildman–Crippen LogP) is 1.94. The van der Waals surface area contributed by atoms with Gasteiger partial charge in [-0.2, -0.15) is 0 Å². The first-order valence-electron chi connectivity index (χ1n) is 6.20. The van der Waals surface area contributed by atoms with Crippen molar-refractivity contribution in [1.82, 2.24) is 10.0 Å². The van der Waals surface area contributed by atoms with Crippen LogP contribution in [0.2, 0.25) is 0 Å². The first-order valence-corrected chi connectivity index (χ1v) is 7.69. The van der Waals surface area contributed by atoms with Crippen molar-refractivity contribution in [2.75, 3.05) is 6.54 Å². The van der Waals surface area contributed by atoms with Crippen LogP contribution in [0.4, 0.5) is 13.2 Å². The SMILES string of the molecule is CC1CC(NS(=O)(=O)c2ccc(F)c(F)c2F)CCN1.Cl. The normalized spacial score (nSPS) is 22.7. The molecule has 120 valence electrons. The van der Waals surface area contributed by atoms with Crippen molar-refractivity contribution >= 4 is 22.4 Å². The van der Waals surface area contributed by atoms with E-state index in [0.717, 1.165) is 6.07 Å². The fourth-order valence-electron chi connectivity index (χ4n) is 2.24. The van der Waals surface area contributed by atoms with Gasteiger partial charge >= 0.3 is 0 Å². The Labute approximate surface area is 127 Å². The molecule has 2 unspecified atom stereocenters. The monoisotopic (exact) mass is 344 g/mol. The van der Waals surface area contributed by atoms with Gasteiger partial charge in [0.15, 0.2) is 17.5 Å². The Kier molecular flexibility index (Phi) is 6.03. The van der Waals surface area contributed by atoms with Gasteiger partial charge in [0.2, 0.25) is 10.0 Å². The summed E-state index contributed by atoms with van der Waals surface area (Å²) in [4.78, 5) is -0.873. The molecule has 9 heteroatoms. The Bertz CT molecular complexity index is 613. The third-order valence-corrected chi connectivity index (χ3v) is 4.77. The van der Waals surface area contributed by atoms with Gasteiger partial charge in [-0.05, 0) is 38.4 Å². The summed E-state index contributed by atoms with van der Waals surface area (Å²) >= 11 is 0. The maximum atomic E-state index is 13.5. The maximum Gasteiger partial charge on any atom is 0.243 e. The number of benzene rings is 1. The zero-order valence-electron chi connectivity index (χ0n) is 11.2. The second-order valence-electron chi connectivity index (χ2n) is 4.87. The van der Waals surface area contributed by atoms with E-state index in [0.29, 0.717) is 25.5 Å². The minimum atomic E-state index is -4.21. The lowest BCUT2D eigenvalue weighted by Crippen LogP contribution is -2.46. The lowest BCUT2D eigenvalue weighted by atomic mass is 10.0. The van der Waals surface area contributed by atoms with Gasteiger partial charge in [-0.25, -0.2) is 26.3 Å². The van der Waals surface area contributed by atoms with Gasteiger partial charge in [-0.15, -0.1) is 12.4 Å². The van der Waals surface area contributed by atoms with Gasteiger partial charge in [0.1, 0.15) is 4.90 Å². The van der Waals surface area contributed by atoms with Gasteiger partial charge in [-0.3, -0.25) is 0 Å². The molecule has 0 aliphatic carbocycles. The second-order valence-corrected chi connectivity index (χ2v) is 6.55. The highest BCUT2D eigenvalue weighted by Gasteiger charge is 2.28. The number of nitrogens with one attached hydrogen (secondary N) is 2. The minimum absolute atomic E-state index is 0. The molecule has 21 heavy (non-hydrogen) atoms. The van der Waals surface area contributed by atoms with E-state index in [1.54, 1.807) is 0 Å². The molecule has 0 amide bonds.